The minimum absolute atomic E-state index is 0.435. The van der Waals surface area contributed by atoms with Crippen LogP contribution in [0.5, 0.6) is 0 Å². The van der Waals surface area contributed by atoms with Crippen molar-refractivity contribution < 1.29 is 18.1 Å². The Hall–Kier alpha value is -0.280. The number of rotatable bonds is 18. The fourth-order valence-electron chi connectivity index (χ4n) is 2.91. The van der Waals surface area contributed by atoms with E-state index in [-0.39, 0.29) is 0 Å². The highest BCUT2D eigenvalue weighted by Gasteiger charge is 2.37. The first-order valence-electron chi connectivity index (χ1n) is 12.0. The van der Waals surface area contributed by atoms with Crippen molar-refractivity contribution in [2.24, 2.45) is 0 Å². The molecule has 188 valence electrons. The van der Waals surface area contributed by atoms with Crippen LogP contribution in [-0.2, 0) is 18.1 Å². The average molecular weight is 532 g/mol. The van der Waals surface area contributed by atoms with Crippen LogP contribution in [-0.4, -0.2) is 0 Å². The molecule has 0 N–H and O–H groups in total. The van der Waals surface area contributed by atoms with Crippen molar-refractivity contribution in [2.75, 3.05) is 0 Å². The van der Waals surface area contributed by atoms with E-state index >= 15 is 0 Å². The van der Waals surface area contributed by atoms with Gasteiger partial charge in [-0.15, -0.1) is 0 Å². The molecular weight excluding hydrogens is 490 g/mol. The maximum atomic E-state index is 14.0. The first-order valence-corrected chi connectivity index (χ1v) is 14.6. The predicted octanol–water partition coefficient (Wildman–Crippen LogP) is 11.3. The van der Waals surface area contributed by atoms with Crippen LogP contribution in [0.2, 0.25) is 0 Å². The van der Waals surface area contributed by atoms with Gasteiger partial charge in [0.15, 0.2) is 0 Å². The van der Waals surface area contributed by atoms with Gasteiger partial charge in [-0.05, 0) is 38.5 Å². The Morgan fingerprint density at radius 2 is 0.719 bits per heavy atom. The second-order valence-corrected chi connectivity index (χ2v) is 10.5. The maximum absolute atomic E-state index is 14.0. The summed E-state index contributed by atoms with van der Waals surface area (Å²) in [5, 5.41) is 1.59. The summed E-state index contributed by atoms with van der Waals surface area (Å²) in [5.41, 5.74) is 0. The lowest BCUT2D eigenvalue weighted by atomic mass is 10.2. The number of hydrogen-bond acceptors (Lipinski definition) is 4. The molecular formula is C24H42Cl3O4P. The third-order valence-electron chi connectivity index (χ3n) is 4.41. The van der Waals surface area contributed by atoms with Crippen LogP contribution in [0, 0.1) is 0 Å². The SMILES string of the molecule is CCC/C(Cl)=C(/CCC)OP(=O)(O/C(CCC)=C(/Cl)CCC)O/C(CCC)=C(/Cl)CCC. The molecule has 0 spiro atoms. The Labute approximate surface area is 211 Å². The Morgan fingerprint density at radius 1 is 0.500 bits per heavy atom. The summed E-state index contributed by atoms with van der Waals surface area (Å²) in [7, 11) is -4.14. The zero-order valence-corrected chi connectivity index (χ0v) is 23.9. The highest BCUT2D eigenvalue weighted by Crippen LogP contribution is 2.58. The third kappa shape index (κ3) is 12.3. The van der Waals surface area contributed by atoms with Gasteiger partial charge in [0, 0.05) is 19.3 Å². The lowest BCUT2D eigenvalue weighted by Gasteiger charge is -2.25. The van der Waals surface area contributed by atoms with E-state index in [4.69, 9.17) is 48.4 Å². The molecule has 0 saturated carbocycles. The Bertz CT molecular complexity index is 596. The van der Waals surface area contributed by atoms with Crippen LogP contribution in [0.25, 0.3) is 0 Å². The standard InChI is InChI=1S/C24H42Cl3O4P/c1-7-13-19(25)22(16-10-4)29-32(28,30-23(17-11-5)20(26)14-8-2)31-24(18-12-6)21(27)15-9-3/h7-18H2,1-6H3/b22-19+,23-20+,24-21+. The molecule has 0 aliphatic carbocycles. The molecule has 8 heteroatoms. The van der Waals surface area contributed by atoms with E-state index < -0.39 is 7.82 Å². The fourth-order valence-corrected chi connectivity index (χ4v) is 5.56. The van der Waals surface area contributed by atoms with E-state index in [2.05, 4.69) is 0 Å². The highest BCUT2D eigenvalue weighted by atomic mass is 35.5. The van der Waals surface area contributed by atoms with Gasteiger partial charge in [0.1, 0.15) is 17.3 Å². The Morgan fingerprint density at radius 3 is 0.906 bits per heavy atom. The number of hydrogen-bond donors (Lipinski definition) is 0. The molecule has 0 unspecified atom stereocenters. The molecule has 0 aromatic rings. The smallest absolute Gasteiger partial charge is 0.389 e. The maximum Gasteiger partial charge on any atom is 0.646 e. The van der Waals surface area contributed by atoms with Gasteiger partial charge in [0.25, 0.3) is 0 Å². The van der Waals surface area contributed by atoms with Crippen LogP contribution in [0.4, 0.5) is 0 Å². The van der Waals surface area contributed by atoms with Gasteiger partial charge in [0.05, 0.1) is 15.1 Å². The normalized spacial score (nSPS) is 14.4. The van der Waals surface area contributed by atoms with Crippen molar-refractivity contribution in [3.05, 3.63) is 32.4 Å². The van der Waals surface area contributed by atoms with Crippen molar-refractivity contribution in [3.63, 3.8) is 0 Å². The molecule has 0 amide bonds. The summed E-state index contributed by atoms with van der Waals surface area (Å²) in [5.74, 6) is 1.30. The minimum Gasteiger partial charge on any atom is -0.389 e. The zero-order chi connectivity index (χ0) is 24.6. The molecule has 0 saturated heterocycles. The highest BCUT2D eigenvalue weighted by molar-refractivity contribution is 7.48. The van der Waals surface area contributed by atoms with Crippen LogP contribution >= 0.6 is 42.6 Å². The molecule has 4 nitrogen and oxygen atoms in total. The molecule has 0 fully saturated rings. The Balaban J connectivity index is 6.40. The van der Waals surface area contributed by atoms with Crippen LogP contribution in [0.15, 0.2) is 32.4 Å². The zero-order valence-electron chi connectivity index (χ0n) is 20.7. The minimum atomic E-state index is -4.14. The molecule has 0 aliphatic heterocycles. The van der Waals surface area contributed by atoms with Gasteiger partial charge in [-0.25, -0.2) is 0 Å². The van der Waals surface area contributed by atoms with E-state index in [1.807, 2.05) is 41.5 Å². The van der Waals surface area contributed by atoms with E-state index in [0.29, 0.717) is 70.9 Å². The van der Waals surface area contributed by atoms with Gasteiger partial charge in [-0.2, -0.15) is 4.57 Å². The number of allylic oxidation sites excluding steroid dienone is 6. The van der Waals surface area contributed by atoms with E-state index in [9.17, 15) is 4.57 Å². The lowest BCUT2D eigenvalue weighted by molar-refractivity contribution is 0.180. The average Bonchev–Trinajstić information content (AvgIpc) is 2.73. The van der Waals surface area contributed by atoms with E-state index in [1.165, 1.54) is 0 Å². The monoisotopic (exact) mass is 530 g/mol. The molecule has 0 radical (unpaired) electrons. The second-order valence-electron chi connectivity index (χ2n) is 7.71. The van der Waals surface area contributed by atoms with Crippen molar-refractivity contribution in [2.45, 2.75) is 119 Å². The fraction of sp³-hybridized carbons (Fsp3) is 0.750. The van der Waals surface area contributed by atoms with Crippen molar-refractivity contribution in [3.8, 4) is 0 Å². The molecule has 0 aromatic carbocycles. The summed E-state index contributed by atoms with van der Waals surface area (Å²) < 4.78 is 32.0. The molecule has 0 rings (SSSR count). The topological polar surface area (TPSA) is 44.8 Å². The summed E-state index contributed by atoms with van der Waals surface area (Å²) in [4.78, 5) is 0. The molecule has 0 aromatic heterocycles. The molecule has 32 heavy (non-hydrogen) atoms. The van der Waals surface area contributed by atoms with E-state index in [0.717, 1.165) is 38.5 Å². The van der Waals surface area contributed by atoms with Gasteiger partial charge >= 0.3 is 7.82 Å². The summed E-state index contributed by atoms with van der Waals surface area (Å²) in [6, 6.07) is 0. The van der Waals surface area contributed by atoms with Crippen LogP contribution < -0.4 is 0 Å². The summed E-state index contributed by atoms with van der Waals surface area (Å²) in [6.45, 7) is 12.1. The van der Waals surface area contributed by atoms with Crippen molar-refractivity contribution in [1.29, 1.82) is 0 Å². The number of phosphoric ester groups is 1. The molecule has 0 bridgehead atoms. The third-order valence-corrected chi connectivity index (χ3v) is 6.94. The first kappa shape index (κ1) is 31.7. The van der Waals surface area contributed by atoms with Crippen LogP contribution in [0.3, 0.4) is 0 Å². The molecule has 0 aliphatic rings. The van der Waals surface area contributed by atoms with Crippen molar-refractivity contribution >= 4 is 42.6 Å². The van der Waals surface area contributed by atoms with Gasteiger partial charge in [-0.3, -0.25) is 0 Å². The molecule has 0 heterocycles. The number of phosphoric acid groups is 1. The number of halogens is 3. The van der Waals surface area contributed by atoms with Crippen LogP contribution in [0.1, 0.15) is 119 Å². The van der Waals surface area contributed by atoms with Gasteiger partial charge in [0.2, 0.25) is 0 Å². The summed E-state index contributed by atoms with van der Waals surface area (Å²) in [6.07, 6.45) is 8.31. The molecule has 0 atom stereocenters. The van der Waals surface area contributed by atoms with E-state index in [1.54, 1.807) is 0 Å². The quantitative estimate of drug-likeness (QED) is 0.130. The first-order chi connectivity index (χ1) is 15.2. The van der Waals surface area contributed by atoms with Crippen molar-refractivity contribution in [1.82, 2.24) is 0 Å². The predicted molar refractivity (Wildman–Crippen MR) is 139 cm³/mol. The lowest BCUT2D eigenvalue weighted by Crippen LogP contribution is -2.05. The van der Waals surface area contributed by atoms with Gasteiger partial charge < -0.3 is 13.6 Å². The van der Waals surface area contributed by atoms with Gasteiger partial charge in [-0.1, -0.05) is 95.6 Å². The summed E-state index contributed by atoms with van der Waals surface area (Å²) >= 11 is 19.5. The Kier molecular flexibility index (Phi) is 17.9. The second kappa shape index (κ2) is 18.1. The largest absolute Gasteiger partial charge is 0.646 e.